The predicted molar refractivity (Wildman–Crippen MR) is 106 cm³/mol. The topological polar surface area (TPSA) is 111 Å². The molecule has 0 bridgehead atoms. The molecule has 1 N–H and O–H groups in total. The molecule has 9 heteroatoms. The zero-order chi connectivity index (χ0) is 20.1. The molecule has 1 heterocycles. The van der Waals surface area contributed by atoms with E-state index in [0.29, 0.717) is 10.7 Å². The molecule has 0 saturated carbocycles. The van der Waals surface area contributed by atoms with Crippen LogP contribution < -0.4 is 10.1 Å². The van der Waals surface area contributed by atoms with Gasteiger partial charge in [0.2, 0.25) is 5.91 Å². The van der Waals surface area contributed by atoms with E-state index in [0.717, 1.165) is 22.9 Å². The van der Waals surface area contributed by atoms with Gasteiger partial charge in [0.25, 0.3) is 11.6 Å². The second-order valence-corrected chi connectivity index (χ2v) is 6.83. The van der Waals surface area contributed by atoms with Gasteiger partial charge in [-0.15, -0.1) is 0 Å². The van der Waals surface area contributed by atoms with Crippen molar-refractivity contribution in [1.82, 2.24) is 5.32 Å². The van der Waals surface area contributed by atoms with E-state index in [2.05, 4.69) is 10.3 Å². The molecule has 0 atom stereocenters. The lowest BCUT2D eigenvalue weighted by Crippen LogP contribution is -2.23. The van der Waals surface area contributed by atoms with Crippen molar-refractivity contribution in [2.75, 3.05) is 0 Å². The molecule has 0 saturated heterocycles. The SMILES string of the molecule is CC(=O)NC1=NC(=O)/C(=C/c2cccc(OCc3ccc([N+](=O)[O-])cc3)c2)S1. The molecule has 28 heavy (non-hydrogen) atoms. The van der Waals surface area contributed by atoms with Crippen molar-refractivity contribution in [1.29, 1.82) is 0 Å². The van der Waals surface area contributed by atoms with Crippen LogP contribution in [-0.2, 0) is 16.2 Å². The van der Waals surface area contributed by atoms with E-state index in [1.807, 2.05) is 6.07 Å². The Hall–Kier alpha value is -3.46. The zero-order valence-electron chi connectivity index (χ0n) is 14.7. The maximum atomic E-state index is 11.9. The molecule has 142 valence electrons. The molecule has 3 rings (SSSR count). The minimum atomic E-state index is -0.453. The van der Waals surface area contributed by atoms with Crippen molar-refractivity contribution in [2.24, 2.45) is 4.99 Å². The number of carbonyl (C=O) groups excluding carboxylic acids is 2. The summed E-state index contributed by atoms with van der Waals surface area (Å²) in [5.41, 5.74) is 1.57. The van der Waals surface area contributed by atoms with Gasteiger partial charge in [0.05, 0.1) is 9.83 Å². The zero-order valence-corrected chi connectivity index (χ0v) is 15.6. The first kappa shape index (κ1) is 19.3. The van der Waals surface area contributed by atoms with Gasteiger partial charge in [-0.05, 0) is 53.2 Å². The van der Waals surface area contributed by atoms with Gasteiger partial charge in [-0.1, -0.05) is 12.1 Å². The quantitative estimate of drug-likeness (QED) is 0.471. The van der Waals surface area contributed by atoms with Gasteiger partial charge in [0.1, 0.15) is 12.4 Å². The molecule has 0 unspecified atom stereocenters. The Balaban J connectivity index is 1.65. The van der Waals surface area contributed by atoms with E-state index in [-0.39, 0.29) is 23.4 Å². The number of thioether (sulfide) groups is 1. The fourth-order valence-electron chi connectivity index (χ4n) is 2.34. The molecule has 2 amide bonds. The average molecular weight is 397 g/mol. The minimum absolute atomic E-state index is 0.0250. The van der Waals surface area contributed by atoms with Crippen molar-refractivity contribution in [3.05, 3.63) is 74.7 Å². The highest BCUT2D eigenvalue weighted by molar-refractivity contribution is 8.18. The van der Waals surface area contributed by atoms with Crippen LogP contribution >= 0.6 is 11.8 Å². The number of nitrogens with zero attached hydrogens (tertiary/aromatic N) is 2. The number of ether oxygens (including phenoxy) is 1. The predicted octanol–water partition coefficient (Wildman–Crippen LogP) is 3.28. The molecule has 0 aliphatic carbocycles. The van der Waals surface area contributed by atoms with Crippen LogP contribution in [0.3, 0.4) is 0 Å². The van der Waals surface area contributed by atoms with Gasteiger partial charge in [-0.25, -0.2) is 0 Å². The first-order chi connectivity index (χ1) is 13.4. The van der Waals surface area contributed by atoms with Crippen molar-refractivity contribution in [3.8, 4) is 5.75 Å². The number of amidine groups is 1. The lowest BCUT2D eigenvalue weighted by molar-refractivity contribution is -0.384. The van der Waals surface area contributed by atoms with Gasteiger partial charge in [-0.3, -0.25) is 19.7 Å². The molecule has 0 spiro atoms. The van der Waals surface area contributed by atoms with Gasteiger partial charge in [-0.2, -0.15) is 4.99 Å². The van der Waals surface area contributed by atoms with Crippen molar-refractivity contribution < 1.29 is 19.2 Å². The lowest BCUT2D eigenvalue weighted by atomic mass is 10.2. The first-order valence-electron chi connectivity index (χ1n) is 8.17. The van der Waals surface area contributed by atoms with Crippen LogP contribution in [0.15, 0.2) is 58.4 Å². The van der Waals surface area contributed by atoms with Crippen LogP contribution in [0, 0.1) is 10.1 Å². The third-order valence-corrected chi connectivity index (χ3v) is 4.51. The smallest absolute Gasteiger partial charge is 0.286 e. The Morgan fingerprint density at radius 1 is 1.29 bits per heavy atom. The Labute approximate surface area is 164 Å². The van der Waals surface area contributed by atoms with Crippen LogP contribution in [0.2, 0.25) is 0 Å². The standard InChI is InChI=1S/C19H15N3O5S/c1-12(23)20-19-21-18(24)17(28-19)10-14-3-2-4-16(9-14)27-11-13-5-7-15(8-6-13)22(25)26/h2-10H,11H2,1H3,(H,20,21,23,24)/b17-10-. The summed E-state index contributed by atoms with van der Waals surface area (Å²) in [5, 5.41) is 13.4. The summed E-state index contributed by atoms with van der Waals surface area (Å²) < 4.78 is 5.72. The molecule has 0 radical (unpaired) electrons. The molecular weight excluding hydrogens is 382 g/mol. The molecule has 1 aliphatic heterocycles. The first-order valence-corrected chi connectivity index (χ1v) is 8.99. The molecule has 8 nitrogen and oxygen atoms in total. The summed E-state index contributed by atoms with van der Waals surface area (Å²) >= 11 is 1.10. The van der Waals surface area contributed by atoms with Gasteiger partial charge < -0.3 is 10.1 Å². The molecule has 0 aromatic heterocycles. The van der Waals surface area contributed by atoms with Crippen LogP contribution in [0.4, 0.5) is 5.69 Å². The summed E-state index contributed by atoms with van der Waals surface area (Å²) in [5.74, 6) is -0.112. The number of nitro groups is 1. The molecule has 1 aliphatic rings. The Morgan fingerprint density at radius 2 is 2.04 bits per heavy atom. The van der Waals surface area contributed by atoms with E-state index in [1.54, 1.807) is 36.4 Å². The van der Waals surface area contributed by atoms with E-state index < -0.39 is 10.8 Å². The highest BCUT2D eigenvalue weighted by atomic mass is 32.2. The molecule has 0 fully saturated rings. The number of hydrogen-bond acceptors (Lipinski definition) is 6. The fraction of sp³-hybridized carbons (Fsp3) is 0.105. The number of amides is 2. The van der Waals surface area contributed by atoms with Crippen molar-refractivity contribution >= 4 is 40.5 Å². The molecular formula is C19H15N3O5S. The monoisotopic (exact) mass is 397 g/mol. The summed E-state index contributed by atoms with van der Waals surface area (Å²) in [6.45, 7) is 1.60. The number of nitro benzene ring substituents is 1. The van der Waals surface area contributed by atoms with E-state index in [4.69, 9.17) is 4.74 Å². The normalized spacial score (nSPS) is 14.7. The third-order valence-electron chi connectivity index (χ3n) is 3.61. The third kappa shape index (κ3) is 5.04. The number of non-ortho nitro benzene ring substituents is 1. The second kappa shape index (κ2) is 8.49. The number of carbonyl (C=O) groups is 2. The summed E-state index contributed by atoms with van der Waals surface area (Å²) in [7, 11) is 0. The van der Waals surface area contributed by atoms with Crippen molar-refractivity contribution in [3.63, 3.8) is 0 Å². The highest BCUT2D eigenvalue weighted by Crippen LogP contribution is 2.28. The maximum Gasteiger partial charge on any atom is 0.286 e. The number of rotatable bonds is 5. The van der Waals surface area contributed by atoms with Gasteiger partial charge in [0.15, 0.2) is 5.17 Å². The molecule has 2 aromatic carbocycles. The average Bonchev–Trinajstić information content (AvgIpc) is 2.98. The largest absolute Gasteiger partial charge is 0.489 e. The number of nitrogens with one attached hydrogen (secondary N) is 1. The van der Waals surface area contributed by atoms with Gasteiger partial charge >= 0.3 is 0 Å². The van der Waals surface area contributed by atoms with E-state index in [9.17, 15) is 19.7 Å². The van der Waals surface area contributed by atoms with Crippen LogP contribution in [-0.4, -0.2) is 21.9 Å². The summed E-state index contributed by atoms with van der Waals surface area (Å²) in [6.07, 6.45) is 1.67. The van der Waals surface area contributed by atoms with Crippen LogP contribution in [0.1, 0.15) is 18.1 Å². The highest BCUT2D eigenvalue weighted by Gasteiger charge is 2.22. The Morgan fingerprint density at radius 3 is 2.71 bits per heavy atom. The second-order valence-electron chi connectivity index (χ2n) is 5.80. The van der Waals surface area contributed by atoms with Crippen LogP contribution in [0.25, 0.3) is 6.08 Å². The lowest BCUT2D eigenvalue weighted by Gasteiger charge is -2.07. The fourth-order valence-corrected chi connectivity index (χ4v) is 3.20. The number of aliphatic imine (C=N–C) groups is 1. The number of hydrogen-bond donors (Lipinski definition) is 1. The minimum Gasteiger partial charge on any atom is -0.489 e. The van der Waals surface area contributed by atoms with E-state index >= 15 is 0 Å². The summed E-state index contributed by atoms with van der Waals surface area (Å²) in [6, 6.07) is 13.3. The Kier molecular flexibility index (Phi) is 5.85. The van der Waals surface area contributed by atoms with Gasteiger partial charge in [0, 0.05) is 19.1 Å². The molecule has 2 aromatic rings. The van der Waals surface area contributed by atoms with Crippen LogP contribution in [0.5, 0.6) is 5.75 Å². The van der Waals surface area contributed by atoms with Crippen molar-refractivity contribution in [2.45, 2.75) is 13.5 Å². The van der Waals surface area contributed by atoms with E-state index in [1.165, 1.54) is 19.1 Å². The maximum absolute atomic E-state index is 11.9. The Bertz CT molecular complexity index is 999. The summed E-state index contributed by atoms with van der Waals surface area (Å²) in [4.78, 5) is 37.4. The number of benzene rings is 2.